The molecule has 5 nitrogen and oxygen atoms in total. The molecule has 128 valence electrons. The maximum absolute atomic E-state index is 12.4. The summed E-state index contributed by atoms with van der Waals surface area (Å²) in [4.78, 5) is 22.1. The topological polar surface area (TPSA) is 58.2 Å². The Bertz CT molecular complexity index is 719. The molecule has 0 aliphatic carbocycles. The Morgan fingerprint density at radius 1 is 1.33 bits per heavy atom. The predicted molar refractivity (Wildman–Crippen MR) is 96.6 cm³/mol. The maximum atomic E-state index is 12.4. The third-order valence-electron chi connectivity index (χ3n) is 3.95. The van der Waals surface area contributed by atoms with E-state index in [1.807, 2.05) is 51.2 Å². The maximum Gasteiger partial charge on any atom is 0.410 e. The van der Waals surface area contributed by atoms with Gasteiger partial charge in [0.15, 0.2) is 0 Å². The van der Waals surface area contributed by atoms with Crippen LogP contribution in [0.4, 0.5) is 4.79 Å². The highest BCUT2D eigenvalue weighted by molar-refractivity contribution is 9.10. The van der Waals surface area contributed by atoms with E-state index in [0.717, 1.165) is 34.4 Å². The van der Waals surface area contributed by atoms with Crippen molar-refractivity contribution in [3.63, 3.8) is 0 Å². The van der Waals surface area contributed by atoms with Crippen molar-refractivity contribution in [3.05, 3.63) is 40.8 Å². The van der Waals surface area contributed by atoms with Crippen LogP contribution in [0.25, 0.3) is 11.3 Å². The van der Waals surface area contributed by atoms with Crippen LogP contribution < -0.4 is 0 Å². The molecule has 0 unspecified atom stereocenters. The second kappa shape index (κ2) is 6.59. The number of rotatable bonds is 2. The normalized spacial score (nSPS) is 18.0. The van der Waals surface area contributed by atoms with Crippen LogP contribution in [0.15, 0.2) is 34.9 Å². The van der Waals surface area contributed by atoms with Crippen LogP contribution in [0, 0.1) is 0 Å². The number of carbonyl (C=O) groups excluding carboxylic acids is 1. The minimum atomic E-state index is -0.490. The van der Waals surface area contributed by atoms with Crippen LogP contribution >= 0.6 is 15.9 Å². The lowest BCUT2D eigenvalue weighted by molar-refractivity contribution is 0.0219. The third kappa shape index (κ3) is 3.80. The van der Waals surface area contributed by atoms with Gasteiger partial charge >= 0.3 is 6.09 Å². The van der Waals surface area contributed by atoms with Crippen molar-refractivity contribution in [1.82, 2.24) is 14.9 Å². The average molecular weight is 392 g/mol. The van der Waals surface area contributed by atoms with E-state index in [9.17, 15) is 4.79 Å². The molecule has 0 bridgehead atoms. The molecule has 0 saturated carbocycles. The van der Waals surface area contributed by atoms with E-state index in [1.165, 1.54) is 0 Å². The third-order valence-corrected chi connectivity index (χ3v) is 4.48. The quantitative estimate of drug-likeness (QED) is 0.790. The lowest BCUT2D eigenvalue weighted by Crippen LogP contribution is -2.36. The Morgan fingerprint density at radius 3 is 2.71 bits per heavy atom. The van der Waals surface area contributed by atoms with Crippen molar-refractivity contribution < 1.29 is 9.53 Å². The monoisotopic (exact) mass is 391 g/mol. The predicted octanol–water partition coefficient (Wildman–Crippen LogP) is 4.91. The smallest absolute Gasteiger partial charge is 0.410 e. The molecule has 1 aliphatic heterocycles. The number of aromatic amines is 1. The molecule has 24 heavy (non-hydrogen) atoms. The van der Waals surface area contributed by atoms with Crippen LogP contribution in [-0.2, 0) is 4.74 Å². The molecule has 1 N–H and O–H groups in total. The second-order valence-corrected chi connectivity index (χ2v) is 7.94. The van der Waals surface area contributed by atoms with Crippen LogP contribution in [0.2, 0.25) is 0 Å². The Balaban J connectivity index is 1.78. The first-order valence-electron chi connectivity index (χ1n) is 8.14. The van der Waals surface area contributed by atoms with Crippen LogP contribution in [-0.4, -0.2) is 33.1 Å². The number of hydrogen-bond acceptors (Lipinski definition) is 3. The Labute approximate surface area is 150 Å². The summed E-state index contributed by atoms with van der Waals surface area (Å²) in [5, 5.41) is 0. The summed E-state index contributed by atoms with van der Waals surface area (Å²) in [6.07, 6.45) is 3.40. The molecule has 1 saturated heterocycles. The number of halogens is 1. The van der Waals surface area contributed by atoms with Gasteiger partial charge in [0.05, 0.1) is 17.9 Å². The molecule has 2 heterocycles. The number of amides is 1. The molecular weight excluding hydrogens is 370 g/mol. The largest absolute Gasteiger partial charge is 0.444 e. The molecule has 1 aliphatic rings. The minimum Gasteiger partial charge on any atom is -0.444 e. The molecule has 0 spiro atoms. The van der Waals surface area contributed by atoms with E-state index in [0.29, 0.717) is 6.54 Å². The van der Waals surface area contributed by atoms with Crippen molar-refractivity contribution in [2.75, 3.05) is 6.54 Å². The fourth-order valence-corrected chi connectivity index (χ4v) is 3.14. The second-order valence-electron chi connectivity index (χ2n) is 7.02. The molecule has 0 radical (unpaired) electrons. The van der Waals surface area contributed by atoms with Gasteiger partial charge in [-0.15, -0.1) is 0 Å². The van der Waals surface area contributed by atoms with Gasteiger partial charge in [-0.25, -0.2) is 9.78 Å². The fourth-order valence-electron chi connectivity index (χ4n) is 2.87. The zero-order valence-corrected chi connectivity index (χ0v) is 15.8. The molecule has 1 amide bonds. The molecular formula is C18H22BrN3O2. The Kier molecular flexibility index (Phi) is 4.67. The summed E-state index contributed by atoms with van der Waals surface area (Å²) in [6.45, 7) is 6.35. The van der Waals surface area contributed by atoms with Gasteiger partial charge in [0.1, 0.15) is 11.4 Å². The van der Waals surface area contributed by atoms with Gasteiger partial charge in [-0.3, -0.25) is 4.90 Å². The van der Waals surface area contributed by atoms with Gasteiger partial charge in [0.25, 0.3) is 0 Å². The molecule has 2 aromatic rings. The van der Waals surface area contributed by atoms with Gasteiger partial charge in [-0.05, 0) is 51.3 Å². The highest BCUT2D eigenvalue weighted by Gasteiger charge is 2.34. The number of carbonyl (C=O) groups is 1. The van der Waals surface area contributed by atoms with E-state index < -0.39 is 5.60 Å². The number of aromatic nitrogens is 2. The molecule has 6 heteroatoms. The Hall–Kier alpha value is -1.82. The number of nitrogens with zero attached hydrogens (tertiary/aromatic N) is 2. The van der Waals surface area contributed by atoms with E-state index in [-0.39, 0.29) is 12.1 Å². The van der Waals surface area contributed by atoms with Gasteiger partial charge in [0.2, 0.25) is 0 Å². The van der Waals surface area contributed by atoms with Crippen LogP contribution in [0.3, 0.4) is 0 Å². The van der Waals surface area contributed by atoms with Crippen molar-refractivity contribution in [2.45, 2.75) is 45.3 Å². The zero-order valence-electron chi connectivity index (χ0n) is 14.2. The van der Waals surface area contributed by atoms with Gasteiger partial charge < -0.3 is 9.72 Å². The summed E-state index contributed by atoms with van der Waals surface area (Å²) in [5.74, 6) is 0.816. The number of benzene rings is 1. The van der Waals surface area contributed by atoms with Crippen molar-refractivity contribution >= 4 is 22.0 Å². The zero-order chi connectivity index (χ0) is 17.3. The Morgan fingerprint density at radius 2 is 2.04 bits per heavy atom. The average Bonchev–Trinajstić information content (AvgIpc) is 3.15. The number of likely N-dealkylation sites (tertiary alicyclic amines) is 1. The first-order chi connectivity index (χ1) is 11.3. The lowest BCUT2D eigenvalue weighted by atomic mass is 10.2. The number of nitrogens with one attached hydrogen (secondary N) is 1. The van der Waals surface area contributed by atoms with Crippen LogP contribution in [0.1, 0.15) is 45.5 Å². The number of ether oxygens (including phenoxy) is 1. The van der Waals surface area contributed by atoms with E-state index in [1.54, 1.807) is 4.90 Å². The van der Waals surface area contributed by atoms with Crippen molar-refractivity contribution in [2.24, 2.45) is 0 Å². The SMILES string of the molecule is CC(C)(C)OC(=O)N1CCC[C@@H]1c1ncc(-c2ccc(Br)cc2)[nH]1. The molecule has 1 atom stereocenters. The van der Waals surface area contributed by atoms with Crippen molar-refractivity contribution in [1.29, 1.82) is 0 Å². The van der Waals surface area contributed by atoms with Gasteiger partial charge in [-0.2, -0.15) is 0 Å². The summed E-state index contributed by atoms with van der Waals surface area (Å²) in [6, 6.07) is 8.00. The van der Waals surface area contributed by atoms with Crippen molar-refractivity contribution in [3.8, 4) is 11.3 Å². The summed E-state index contributed by atoms with van der Waals surface area (Å²) >= 11 is 3.44. The first kappa shape index (κ1) is 17.0. The minimum absolute atomic E-state index is 0.0518. The van der Waals surface area contributed by atoms with E-state index in [2.05, 4.69) is 25.9 Å². The number of hydrogen-bond donors (Lipinski definition) is 1. The number of imidazole rings is 1. The summed E-state index contributed by atoms with van der Waals surface area (Å²) in [5.41, 5.74) is 1.53. The fraction of sp³-hybridized carbons (Fsp3) is 0.444. The van der Waals surface area contributed by atoms with Gasteiger partial charge in [0, 0.05) is 11.0 Å². The van der Waals surface area contributed by atoms with Gasteiger partial charge in [-0.1, -0.05) is 28.1 Å². The molecule has 1 fully saturated rings. The van der Waals surface area contributed by atoms with Crippen LogP contribution in [0.5, 0.6) is 0 Å². The lowest BCUT2D eigenvalue weighted by Gasteiger charge is -2.27. The molecule has 3 rings (SSSR count). The molecule has 1 aromatic heterocycles. The first-order valence-corrected chi connectivity index (χ1v) is 8.93. The highest BCUT2D eigenvalue weighted by atomic mass is 79.9. The van der Waals surface area contributed by atoms with E-state index >= 15 is 0 Å². The summed E-state index contributed by atoms with van der Waals surface area (Å²) in [7, 11) is 0. The standard InChI is InChI=1S/C18H22BrN3O2/c1-18(2,3)24-17(23)22-10-4-5-15(22)16-20-11-14(21-16)12-6-8-13(19)9-7-12/h6-9,11,15H,4-5,10H2,1-3H3,(H,20,21)/t15-/m1/s1. The number of H-pyrrole nitrogens is 1. The molecule has 1 aromatic carbocycles. The summed E-state index contributed by atoms with van der Waals surface area (Å²) < 4.78 is 6.56. The highest BCUT2D eigenvalue weighted by Crippen LogP contribution is 2.32. The van der Waals surface area contributed by atoms with E-state index in [4.69, 9.17) is 4.74 Å².